The summed E-state index contributed by atoms with van der Waals surface area (Å²) in [5, 5.41) is 2.51. The first kappa shape index (κ1) is 13.3. The van der Waals surface area contributed by atoms with Crippen molar-refractivity contribution < 1.29 is 14.4 Å². The molecule has 0 aromatic heterocycles. The molecule has 1 atom stereocenters. The number of hydrogen-bond donors (Lipinski definition) is 1. The van der Waals surface area contributed by atoms with Crippen LogP contribution in [0.2, 0.25) is 0 Å². The number of hydrogen-bond acceptors (Lipinski definition) is 3. The molecule has 1 saturated heterocycles. The monoisotopic (exact) mass is 260 g/mol. The van der Waals surface area contributed by atoms with Crippen molar-refractivity contribution in [2.24, 2.45) is 0 Å². The molecule has 2 rings (SSSR count). The highest BCUT2D eigenvalue weighted by Gasteiger charge is 2.24. The van der Waals surface area contributed by atoms with Gasteiger partial charge < -0.3 is 15.0 Å². The highest BCUT2D eigenvalue weighted by Crippen LogP contribution is 2.22. The van der Waals surface area contributed by atoms with Crippen molar-refractivity contribution in [2.75, 3.05) is 18.0 Å². The molecule has 1 aliphatic heterocycles. The van der Waals surface area contributed by atoms with Gasteiger partial charge in [-0.15, -0.1) is 0 Å². The van der Waals surface area contributed by atoms with Crippen LogP contribution in [0.4, 0.5) is 5.69 Å². The molecule has 1 aromatic carbocycles. The van der Waals surface area contributed by atoms with Crippen LogP contribution in [0.25, 0.3) is 0 Å². The lowest BCUT2D eigenvalue weighted by atomic mass is 9.98. The van der Waals surface area contributed by atoms with E-state index in [2.05, 4.69) is 5.32 Å². The van der Waals surface area contributed by atoms with Crippen LogP contribution in [0.3, 0.4) is 0 Å². The van der Waals surface area contributed by atoms with E-state index in [1.165, 1.54) is 4.90 Å². The molecule has 0 saturated carbocycles. The van der Waals surface area contributed by atoms with Crippen molar-refractivity contribution in [1.82, 2.24) is 5.32 Å². The molecule has 0 bridgehead atoms. The molecule has 1 aliphatic rings. The Hall–Kier alpha value is -2.17. The number of amides is 2. The third kappa shape index (κ3) is 2.99. The summed E-state index contributed by atoms with van der Waals surface area (Å²) in [5.74, 6) is -0.113. The average Bonchev–Trinajstić information content (AvgIpc) is 2.42. The van der Waals surface area contributed by atoms with Crippen LogP contribution in [0.15, 0.2) is 24.3 Å². The Labute approximate surface area is 111 Å². The van der Waals surface area contributed by atoms with Crippen LogP contribution in [0.5, 0.6) is 0 Å². The Balaban J connectivity index is 2.15. The van der Waals surface area contributed by atoms with Gasteiger partial charge in [0.2, 0.25) is 11.8 Å². The maximum Gasteiger partial charge on any atom is 0.246 e. The molecular weight excluding hydrogens is 244 g/mol. The SMILES string of the molecule is CC(CC=O)c1ccc(N2CC(=O)NCC2=O)cc1. The van der Waals surface area contributed by atoms with Crippen molar-refractivity contribution in [2.45, 2.75) is 19.3 Å². The molecule has 1 heterocycles. The first-order valence-electron chi connectivity index (χ1n) is 6.22. The summed E-state index contributed by atoms with van der Waals surface area (Å²) in [6, 6.07) is 7.41. The topological polar surface area (TPSA) is 66.5 Å². The van der Waals surface area contributed by atoms with E-state index < -0.39 is 0 Å². The van der Waals surface area contributed by atoms with Gasteiger partial charge in [-0.2, -0.15) is 0 Å². The van der Waals surface area contributed by atoms with E-state index in [1.807, 2.05) is 31.2 Å². The van der Waals surface area contributed by atoms with E-state index >= 15 is 0 Å². The summed E-state index contributed by atoms with van der Waals surface area (Å²) in [6.07, 6.45) is 1.38. The molecule has 1 fully saturated rings. The zero-order valence-electron chi connectivity index (χ0n) is 10.8. The zero-order chi connectivity index (χ0) is 13.8. The first-order chi connectivity index (χ1) is 9.11. The maximum atomic E-state index is 11.7. The Morgan fingerprint density at radius 1 is 1.32 bits per heavy atom. The van der Waals surface area contributed by atoms with Gasteiger partial charge in [-0.05, 0) is 23.6 Å². The van der Waals surface area contributed by atoms with E-state index in [0.717, 1.165) is 11.8 Å². The van der Waals surface area contributed by atoms with E-state index in [0.29, 0.717) is 12.1 Å². The van der Waals surface area contributed by atoms with E-state index in [1.54, 1.807) is 0 Å². The smallest absolute Gasteiger partial charge is 0.246 e. The van der Waals surface area contributed by atoms with Crippen LogP contribution in [0.1, 0.15) is 24.8 Å². The number of anilines is 1. The van der Waals surface area contributed by atoms with Gasteiger partial charge in [-0.1, -0.05) is 19.1 Å². The third-order valence-corrected chi connectivity index (χ3v) is 3.26. The number of rotatable bonds is 4. The fraction of sp³-hybridized carbons (Fsp3) is 0.357. The first-order valence-corrected chi connectivity index (χ1v) is 6.22. The van der Waals surface area contributed by atoms with E-state index in [9.17, 15) is 14.4 Å². The third-order valence-electron chi connectivity index (χ3n) is 3.26. The Morgan fingerprint density at radius 2 is 2.00 bits per heavy atom. The standard InChI is InChI=1S/C14H16N2O3/c1-10(6-7-17)11-2-4-12(5-3-11)16-9-13(18)15-8-14(16)19/h2-5,7,10H,6,8-9H2,1H3,(H,15,18). The van der Waals surface area contributed by atoms with Crippen molar-refractivity contribution >= 4 is 23.8 Å². The molecule has 0 radical (unpaired) electrons. The fourth-order valence-corrected chi connectivity index (χ4v) is 2.06. The lowest BCUT2D eigenvalue weighted by Crippen LogP contribution is -2.51. The van der Waals surface area contributed by atoms with Gasteiger partial charge in [0.25, 0.3) is 0 Å². The fourth-order valence-electron chi connectivity index (χ4n) is 2.06. The van der Waals surface area contributed by atoms with Gasteiger partial charge >= 0.3 is 0 Å². The number of nitrogens with one attached hydrogen (secondary N) is 1. The van der Waals surface area contributed by atoms with Crippen molar-refractivity contribution in [3.05, 3.63) is 29.8 Å². The Bertz CT molecular complexity index is 496. The minimum atomic E-state index is -0.155. The van der Waals surface area contributed by atoms with Gasteiger partial charge in [0, 0.05) is 12.1 Å². The molecule has 1 N–H and O–H groups in total. The number of aldehydes is 1. The van der Waals surface area contributed by atoms with Crippen LogP contribution in [0, 0.1) is 0 Å². The second kappa shape index (κ2) is 5.65. The number of nitrogens with zero attached hydrogens (tertiary/aromatic N) is 1. The molecule has 19 heavy (non-hydrogen) atoms. The lowest BCUT2D eigenvalue weighted by Gasteiger charge is -2.26. The lowest BCUT2D eigenvalue weighted by molar-refractivity contribution is -0.128. The zero-order valence-corrected chi connectivity index (χ0v) is 10.8. The normalized spacial score (nSPS) is 17.0. The van der Waals surface area contributed by atoms with E-state index in [-0.39, 0.29) is 30.8 Å². The molecular formula is C14H16N2O3. The summed E-state index contributed by atoms with van der Waals surface area (Å²) in [6.45, 7) is 2.08. The summed E-state index contributed by atoms with van der Waals surface area (Å²) in [7, 11) is 0. The van der Waals surface area contributed by atoms with Crippen molar-refractivity contribution in [1.29, 1.82) is 0 Å². The highest BCUT2D eigenvalue weighted by molar-refractivity contribution is 6.04. The van der Waals surface area contributed by atoms with Gasteiger partial charge in [-0.25, -0.2) is 0 Å². The number of benzene rings is 1. The summed E-state index contributed by atoms with van der Waals surface area (Å²) in [4.78, 5) is 35.0. The molecule has 2 amide bonds. The molecule has 5 heteroatoms. The minimum Gasteiger partial charge on any atom is -0.345 e. The van der Waals surface area contributed by atoms with Gasteiger partial charge in [-0.3, -0.25) is 9.59 Å². The second-order valence-electron chi connectivity index (χ2n) is 4.65. The highest BCUT2D eigenvalue weighted by atomic mass is 16.2. The molecule has 0 spiro atoms. The molecule has 100 valence electrons. The van der Waals surface area contributed by atoms with Crippen LogP contribution in [-0.4, -0.2) is 31.2 Å². The second-order valence-corrected chi connectivity index (χ2v) is 4.65. The predicted molar refractivity (Wildman–Crippen MR) is 70.9 cm³/mol. The number of carbonyl (C=O) groups is 3. The Kier molecular flexibility index (Phi) is 3.94. The van der Waals surface area contributed by atoms with Crippen LogP contribution in [-0.2, 0) is 14.4 Å². The molecule has 1 unspecified atom stereocenters. The number of carbonyl (C=O) groups excluding carboxylic acids is 3. The Morgan fingerprint density at radius 3 is 2.63 bits per heavy atom. The molecule has 0 aliphatic carbocycles. The van der Waals surface area contributed by atoms with Gasteiger partial charge in [0.1, 0.15) is 12.8 Å². The van der Waals surface area contributed by atoms with Crippen molar-refractivity contribution in [3.8, 4) is 0 Å². The van der Waals surface area contributed by atoms with Gasteiger partial charge in [0.15, 0.2) is 0 Å². The maximum absolute atomic E-state index is 11.7. The van der Waals surface area contributed by atoms with E-state index in [4.69, 9.17) is 0 Å². The summed E-state index contributed by atoms with van der Waals surface area (Å²) >= 11 is 0. The van der Waals surface area contributed by atoms with Crippen molar-refractivity contribution in [3.63, 3.8) is 0 Å². The predicted octanol–water partition coefficient (Wildman–Crippen LogP) is 0.842. The van der Waals surface area contributed by atoms with Gasteiger partial charge in [0.05, 0.1) is 6.54 Å². The summed E-state index contributed by atoms with van der Waals surface area (Å²) < 4.78 is 0. The quantitative estimate of drug-likeness (QED) is 0.816. The largest absolute Gasteiger partial charge is 0.345 e. The molecule has 1 aromatic rings. The summed E-state index contributed by atoms with van der Waals surface area (Å²) in [5.41, 5.74) is 1.76. The number of piperazine rings is 1. The average molecular weight is 260 g/mol. The van der Waals surface area contributed by atoms with Crippen LogP contribution >= 0.6 is 0 Å². The molecule has 5 nitrogen and oxygen atoms in total. The van der Waals surface area contributed by atoms with Crippen LogP contribution < -0.4 is 10.2 Å². The minimum absolute atomic E-state index is 0.0438.